The average molecular weight is 267 g/mol. The topological polar surface area (TPSA) is 78.8 Å². The Bertz CT molecular complexity index is 406. The van der Waals surface area contributed by atoms with E-state index in [0.29, 0.717) is 17.7 Å². The molecule has 0 heterocycles. The van der Waals surface area contributed by atoms with Crippen LogP contribution < -0.4 is 10.1 Å². The highest BCUT2D eigenvalue weighted by molar-refractivity contribution is 5.73. The highest BCUT2D eigenvalue weighted by Crippen LogP contribution is 2.17. The monoisotopic (exact) mass is 267 g/mol. The lowest BCUT2D eigenvalue weighted by Crippen LogP contribution is -2.41. The Morgan fingerprint density at radius 1 is 1.37 bits per heavy atom. The van der Waals surface area contributed by atoms with Gasteiger partial charge in [-0.15, -0.1) is 0 Å². The van der Waals surface area contributed by atoms with Crippen LogP contribution in [0.2, 0.25) is 0 Å². The highest BCUT2D eigenvalue weighted by atomic mass is 16.5. The molecule has 0 radical (unpaired) electrons. The smallest absolute Gasteiger partial charge is 0.320 e. The maximum Gasteiger partial charge on any atom is 0.320 e. The predicted molar refractivity (Wildman–Crippen MR) is 72.2 cm³/mol. The van der Waals surface area contributed by atoms with Gasteiger partial charge in [0, 0.05) is 18.0 Å². The Labute approximate surface area is 113 Å². The molecular weight excluding hydrogens is 246 g/mol. The first kappa shape index (κ1) is 15.5. The summed E-state index contributed by atoms with van der Waals surface area (Å²) >= 11 is 0. The van der Waals surface area contributed by atoms with Crippen molar-refractivity contribution in [2.24, 2.45) is 0 Å². The van der Waals surface area contributed by atoms with E-state index in [1.54, 1.807) is 12.1 Å². The number of carbonyl (C=O) groups is 1. The minimum absolute atomic E-state index is 0.0945. The molecule has 0 amide bonds. The first-order chi connectivity index (χ1) is 9.04. The minimum atomic E-state index is -0.882. The number of para-hydroxylation sites is 1. The maximum atomic E-state index is 11.0. The molecule has 0 aliphatic rings. The summed E-state index contributed by atoms with van der Waals surface area (Å²) in [5.74, 6) is -0.286. The third kappa shape index (κ3) is 5.28. The number of rotatable bonds is 8. The van der Waals surface area contributed by atoms with E-state index in [4.69, 9.17) is 14.9 Å². The van der Waals surface area contributed by atoms with E-state index in [0.717, 1.165) is 0 Å². The molecule has 0 bridgehead atoms. The van der Waals surface area contributed by atoms with Crippen LogP contribution in [0.5, 0.6) is 5.75 Å². The number of aliphatic hydroxyl groups excluding tert-OH is 1. The van der Waals surface area contributed by atoms with Crippen LogP contribution in [0.4, 0.5) is 0 Å². The summed E-state index contributed by atoms with van der Waals surface area (Å²) in [6.45, 7) is 3.99. The number of carboxylic acids is 1. The Balaban J connectivity index is 2.49. The van der Waals surface area contributed by atoms with E-state index in [1.165, 1.54) is 0 Å². The van der Waals surface area contributed by atoms with Crippen LogP contribution >= 0.6 is 0 Å². The van der Waals surface area contributed by atoms with Crippen molar-refractivity contribution in [3.05, 3.63) is 29.8 Å². The molecule has 1 aromatic carbocycles. The lowest BCUT2D eigenvalue weighted by Gasteiger charge is -2.18. The zero-order chi connectivity index (χ0) is 14.3. The molecule has 106 valence electrons. The molecule has 5 nitrogen and oxygen atoms in total. The molecule has 0 aliphatic heterocycles. The van der Waals surface area contributed by atoms with Crippen molar-refractivity contribution < 1.29 is 19.7 Å². The Morgan fingerprint density at radius 3 is 2.63 bits per heavy atom. The second-order valence-corrected chi connectivity index (χ2v) is 4.62. The number of nitrogens with one attached hydrogen (secondary N) is 1. The van der Waals surface area contributed by atoms with Gasteiger partial charge in [-0.1, -0.05) is 32.0 Å². The first-order valence-corrected chi connectivity index (χ1v) is 6.35. The van der Waals surface area contributed by atoms with E-state index >= 15 is 0 Å². The summed E-state index contributed by atoms with van der Waals surface area (Å²) in [5, 5.41) is 21.2. The molecule has 0 aromatic heterocycles. The van der Waals surface area contributed by atoms with E-state index in [9.17, 15) is 4.79 Å². The minimum Gasteiger partial charge on any atom is -0.493 e. The molecule has 0 saturated heterocycles. The fraction of sp³-hybridized carbons (Fsp3) is 0.500. The standard InChI is InChI=1S/C14H21NO4/c1-10(2)15-12(14(17)18)7-8-19-13-6-4-3-5-11(13)9-16/h3-6,10,12,15-16H,7-9H2,1-2H3,(H,17,18). The summed E-state index contributed by atoms with van der Waals surface area (Å²) in [6.07, 6.45) is 0.368. The SMILES string of the molecule is CC(C)NC(CCOc1ccccc1CO)C(=O)O. The van der Waals surface area contributed by atoms with Crippen molar-refractivity contribution in [1.82, 2.24) is 5.32 Å². The lowest BCUT2D eigenvalue weighted by molar-refractivity contribution is -0.140. The van der Waals surface area contributed by atoms with E-state index in [2.05, 4.69) is 5.32 Å². The number of hydrogen-bond acceptors (Lipinski definition) is 4. The van der Waals surface area contributed by atoms with Gasteiger partial charge in [0.25, 0.3) is 0 Å². The highest BCUT2D eigenvalue weighted by Gasteiger charge is 2.18. The summed E-state index contributed by atoms with van der Waals surface area (Å²) in [6, 6.07) is 6.65. The molecule has 0 fully saturated rings. The van der Waals surface area contributed by atoms with E-state index < -0.39 is 12.0 Å². The number of aliphatic hydroxyl groups is 1. The van der Waals surface area contributed by atoms with Crippen LogP contribution in [0.25, 0.3) is 0 Å². The molecule has 0 spiro atoms. The van der Waals surface area contributed by atoms with Gasteiger partial charge in [0.2, 0.25) is 0 Å². The molecule has 19 heavy (non-hydrogen) atoms. The van der Waals surface area contributed by atoms with Gasteiger partial charge in [0.05, 0.1) is 13.2 Å². The largest absolute Gasteiger partial charge is 0.493 e. The van der Waals surface area contributed by atoms with Gasteiger partial charge in [-0.3, -0.25) is 4.79 Å². The zero-order valence-corrected chi connectivity index (χ0v) is 11.3. The van der Waals surface area contributed by atoms with E-state index in [1.807, 2.05) is 26.0 Å². The Hall–Kier alpha value is -1.59. The van der Waals surface area contributed by atoms with Gasteiger partial charge in [0.15, 0.2) is 0 Å². The van der Waals surface area contributed by atoms with Crippen molar-refractivity contribution in [3.63, 3.8) is 0 Å². The van der Waals surface area contributed by atoms with Crippen LogP contribution in [0, 0.1) is 0 Å². The number of aliphatic carboxylic acids is 1. The van der Waals surface area contributed by atoms with Gasteiger partial charge < -0.3 is 20.3 Å². The van der Waals surface area contributed by atoms with Crippen LogP contribution in [0.15, 0.2) is 24.3 Å². The normalized spacial score (nSPS) is 12.4. The van der Waals surface area contributed by atoms with Gasteiger partial charge in [-0.25, -0.2) is 0 Å². The molecule has 0 aliphatic carbocycles. The zero-order valence-electron chi connectivity index (χ0n) is 11.3. The molecule has 3 N–H and O–H groups in total. The number of hydrogen-bond donors (Lipinski definition) is 3. The molecule has 1 rings (SSSR count). The fourth-order valence-corrected chi connectivity index (χ4v) is 1.74. The number of ether oxygens (including phenoxy) is 1. The Kier molecular flexibility index (Phi) is 6.32. The third-order valence-electron chi connectivity index (χ3n) is 2.64. The van der Waals surface area contributed by atoms with Gasteiger partial charge in [0.1, 0.15) is 11.8 Å². The third-order valence-corrected chi connectivity index (χ3v) is 2.64. The van der Waals surface area contributed by atoms with Crippen LogP contribution in [0.3, 0.4) is 0 Å². The second kappa shape index (κ2) is 7.76. The summed E-state index contributed by atoms with van der Waals surface area (Å²) < 4.78 is 5.53. The summed E-state index contributed by atoms with van der Waals surface area (Å²) in [4.78, 5) is 11.0. The van der Waals surface area contributed by atoms with Crippen molar-refractivity contribution >= 4 is 5.97 Å². The van der Waals surface area contributed by atoms with Gasteiger partial charge in [-0.2, -0.15) is 0 Å². The van der Waals surface area contributed by atoms with Crippen LogP contribution in [-0.2, 0) is 11.4 Å². The average Bonchev–Trinajstić information content (AvgIpc) is 2.37. The maximum absolute atomic E-state index is 11.0. The first-order valence-electron chi connectivity index (χ1n) is 6.35. The van der Waals surface area contributed by atoms with Gasteiger partial charge in [-0.05, 0) is 6.07 Å². The van der Waals surface area contributed by atoms with Crippen molar-refractivity contribution in [1.29, 1.82) is 0 Å². The van der Waals surface area contributed by atoms with E-state index in [-0.39, 0.29) is 19.3 Å². The molecule has 0 saturated carbocycles. The molecule has 1 atom stereocenters. The van der Waals surface area contributed by atoms with Crippen LogP contribution in [0.1, 0.15) is 25.8 Å². The molecule has 1 unspecified atom stereocenters. The van der Waals surface area contributed by atoms with Crippen molar-refractivity contribution in [2.45, 2.75) is 39.0 Å². The molecule has 1 aromatic rings. The molecular formula is C14H21NO4. The van der Waals surface area contributed by atoms with Gasteiger partial charge >= 0.3 is 5.97 Å². The second-order valence-electron chi connectivity index (χ2n) is 4.62. The summed E-state index contributed by atoms with van der Waals surface area (Å²) in [7, 11) is 0. The van der Waals surface area contributed by atoms with Crippen molar-refractivity contribution in [3.8, 4) is 5.75 Å². The van der Waals surface area contributed by atoms with Crippen molar-refractivity contribution in [2.75, 3.05) is 6.61 Å². The predicted octanol–water partition coefficient (Wildman–Crippen LogP) is 1.40. The Morgan fingerprint density at radius 2 is 2.05 bits per heavy atom. The fourth-order valence-electron chi connectivity index (χ4n) is 1.74. The number of carboxylic acid groups (broad SMARTS) is 1. The number of benzene rings is 1. The lowest BCUT2D eigenvalue weighted by atomic mass is 10.2. The van der Waals surface area contributed by atoms with Crippen LogP contribution in [-0.4, -0.2) is 34.9 Å². The molecule has 5 heteroatoms. The summed E-state index contributed by atoms with van der Waals surface area (Å²) in [5.41, 5.74) is 0.700. The quantitative estimate of drug-likeness (QED) is 0.663.